The number of aliphatic hydroxyl groups is 1. The zero-order valence-electron chi connectivity index (χ0n) is 15.7. The minimum atomic E-state index is -0.539. The maximum Gasteiger partial charge on any atom is 0.223 e. The number of amides is 1. The zero-order valence-corrected chi connectivity index (χ0v) is 16.4. The van der Waals surface area contributed by atoms with Gasteiger partial charge in [-0.2, -0.15) is 0 Å². The van der Waals surface area contributed by atoms with Crippen LogP contribution < -0.4 is 0 Å². The maximum atomic E-state index is 13.4. The van der Waals surface area contributed by atoms with Gasteiger partial charge in [0, 0.05) is 23.4 Å². The number of benzene rings is 2. The van der Waals surface area contributed by atoms with Crippen LogP contribution >= 0.6 is 11.6 Å². The topological polar surface area (TPSA) is 40.5 Å². The van der Waals surface area contributed by atoms with Crippen molar-refractivity contribution in [3.8, 4) is 0 Å². The second-order valence-electron chi connectivity index (χ2n) is 7.58. The largest absolute Gasteiger partial charge is 0.393 e. The van der Waals surface area contributed by atoms with Gasteiger partial charge in [-0.1, -0.05) is 35.9 Å². The first-order chi connectivity index (χ1) is 12.8. The molecule has 3 atom stereocenters. The van der Waals surface area contributed by atoms with Gasteiger partial charge in [-0.15, -0.1) is 0 Å². The van der Waals surface area contributed by atoms with E-state index in [9.17, 15) is 14.3 Å². The standard InChI is InChI=1S/C22H25ClFNO2/c1-15(26)13-22(18-5-9-20(24)10-6-18)11-12-25(21(27)14-22)16(2)17-3-7-19(23)8-4-17/h3-10,15-16,26H,11-14H2,1-2H3/t15?,16-,22+/m0/s1. The fraction of sp³-hybridized carbons (Fsp3) is 0.409. The molecule has 0 radical (unpaired) electrons. The lowest BCUT2D eigenvalue weighted by molar-refractivity contribution is -0.138. The normalized spacial score (nSPS) is 22.6. The van der Waals surface area contributed by atoms with E-state index in [-0.39, 0.29) is 17.8 Å². The highest BCUT2D eigenvalue weighted by Gasteiger charge is 2.42. The van der Waals surface area contributed by atoms with Gasteiger partial charge in [-0.25, -0.2) is 4.39 Å². The lowest BCUT2D eigenvalue weighted by atomic mass is 9.69. The monoisotopic (exact) mass is 389 g/mol. The molecule has 1 aliphatic rings. The minimum Gasteiger partial charge on any atom is -0.393 e. The number of hydrogen-bond acceptors (Lipinski definition) is 2. The van der Waals surface area contributed by atoms with Gasteiger partial charge in [0.1, 0.15) is 5.82 Å². The number of halogens is 2. The summed E-state index contributed by atoms with van der Waals surface area (Å²) in [5.74, 6) is -0.250. The third kappa shape index (κ3) is 4.33. The van der Waals surface area contributed by atoms with Crippen LogP contribution in [-0.4, -0.2) is 28.6 Å². The van der Waals surface area contributed by atoms with Crippen LogP contribution in [-0.2, 0) is 10.2 Å². The fourth-order valence-corrected chi connectivity index (χ4v) is 4.30. The number of piperidine rings is 1. The van der Waals surface area contributed by atoms with E-state index >= 15 is 0 Å². The van der Waals surface area contributed by atoms with Crippen molar-refractivity contribution in [3.63, 3.8) is 0 Å². The molecule has 0 aliphatic carbocycles. The van der Waals surface area contributed by atoms with Crippen molar-refractivity contribution < 1.29 is 14.3 Å². The highest BCUT2D eigenvalue weighted by molar-refractivity contribution is 6.30. The predicted molar refractivity (Wildman–Crippen MR) is 105 cm³/mol. The highest BCUT2D eigenvalue weighted by atomic mass is 35.5. The number of rotatable bonds is 5. The van der Waals surface area contributed by atoms with Crippen LogP contribution in [0.15, 0.2) is 48.5 Å². The first-order valence-corrected chi connectivity index (χ1v) is 9.67. The molecule has 3 rings (SSSR count). The Hall–Kier alpha value is -1.91. The Morgan fingerprint density at radius 2 is 1.78 bits per heavy atom. The summed E-state index contributed by atoms with van der Waals surface area (Å²) >= 11 is 5.96. The van der Waals surface area contributed by atoms with E-state index in [1.54, 1.807) is 19.1 Å². The van der Waals surface area contributed by atoms with Crippen molar-refractivity contribution in [2.45, 2.75) is 50.7 Å². The van der Waals surface area contributed by atoms with Gasteiger partial charge in [0.25, 0.3) is 0 Å². The predicted octanol–water partition coefficient (Wildman–Crippen LogP) is 4.87. The van der Waals surface area contributed by atoms with E-state index in [1.165, 1.54) is 12.1 Å². The molecule has 1 aliphatic heterocycles. The van der Waals surface area contributed by atoms with Crippen molar-refractivity contribution in [2.24, 2.45) is 0 Å². The Kier molecular flexibility index (Phi) is 5.87. The van der Waals surface area contributed by atoms with E-state index in [0.29, 0.717) is 24.4 Å². The number of hydrogen-bond donors (Lipinski definition) is 1. The van der Waals surface area contributed by atoms with Crippen molar-refractivity contribution in [3.05, 3.63) is 70.5 Å². The summed E-state index contributed by atoms with van der Waals surface area (Å²) in [4.78, 5) is 14.9. The SMILES string of the molecule is CC(O)C[C@]1(c2ccc(F)cc2)CCN([C@@H](C)c2ccc(Cl)cc2)C(=O)C1. The molecule has 0 aromatic heterocycles. The number of carbonyl (C=O) groups excluding carboxylic acids is 1. The molecule has 144 valence electrons. The summed E-state index contributed by atoms with van der Waals surface area (Å²) in [6.07, 6.45) is 0.977. The number of likely N-dealkylation sites (tertiary alicyclic amines) is 1. The molecule has 1 unspecified atom stereocenters. The van der Waals surface area contributed by atoms with Crippen LogP contribution in [0.4, 0.5) is 4.39 Å². The summed E-state index contributed by atoms with van der Waals surface area (Å²) in [5.41, 5.74) is 1.49. The fourth-order valence-electron chi connectivity index (χ4n) is 4.18. The molecule has 0 spiro atoms. The minimum absolute atomic E-state index is 0.0486. The van der Waals surface area contributed by atoms with Crippen molar-refractivity contribution in [1.82, 2.24) is 4.90 Å². The number of nitrogens with zero attached hydrogens (tertiary/aromatic N) is 1. The van der Waals surface area contributed by atoms with Gasteiger partial charge in [-0.3, -0.25) is 4.79 Å². The van der Waals surface area contributed by atoms with Crippen LogP contribution in [0.5, 0.6) is 0 Å². The quantitative estimate of drug-likeness (QED) is 0.792. The molecule has 3 nitrogen and oxygen atoms in total. The summed E-state index contributed by atoms with van der Waals surface area (Å²) in [7, 11) is 0. The Morgan fingerprint density at radius 1 is 1.15 bits per heavy atom. The second kappa shape index (κ2) is 7.99. The van der Waals surface area contributed by atoms with Gasteiger partial charge in [0.15, 0.2) is 0 Å². The third-order valence-electron chi connectivity index (χ3n) is 5.60. The first kappa shape index (κ1) is 19.8. The van der Waals surface area contributed by atoms with Crippen LogP contribution in [0, 0.1) is 5.82 Å². The smallest absolute Gasteiger partial charge is 0.223 e. The lowest BCUT2D eigenvalue weighted by Gasteiger charge is -2.44. The lowest BCUT2D eigenvalue weighted by Crippen LogP contribution is -2.48. The first-order valence-electron chi connectivity index (χ1n) is 9.30. The molecule has 5 heteroatoms. The molecule has 0 bridgehead atoms. The van der Waals surface area contributed by atoms with Gasteiger partial charge >= 0.3 is 0 Å². The molecule has 1 N–H and O–H groups in total. The molecule has 1 amide bonds. The molecule has 2 aromatic carbocycles. The Bertz CT molecular complexity index is 791. The van der Waals surface area contributed by atoms with Gasteiger partial charge in [0.2, 0.25) is 5.91 Å². The Balaban J connectivity index is 1.84. The van der Waals surface area contributed by atoms with Crippen LogP contribution in [0.2, 0.25) is 5.02 Å². The van der Waals surface area contributed by atoms with Crippen LogP contribution in [0.25, 0.3) is 0 Å². The number of aliphatic hydroxyl groups excluding tert-OH is 1. The van der Waals surface area contributed by atoms with Crippen molar-refractivity contribution >= 4 is 17.5 Å². The van der Waals surface area contributed by atoms with E-state index in [1.807, 2.05) is 36.1 Å². The van der Waals surface area contributed by atoms with Crippen LogP contribution in [0.1, 0.15) is 50.3 Å². The summed E-state index contributed by atoms with van der Waals surface area (Å²) in [5, 5.41) is 10.7. The van der Waals surface area contributed by atoms with Gasteiger partial charge < -0.3 is 10.0 Å². The molecule has 0 saturated carbocycles. The molecule has 2 aromatic rings. The summed E-state index contributed by atoms with van der Waals surface area (Å²) in [6, 6.07) is 13.8. The van der Waals surface area contributed by atoms with Gasteiger partial charge in [-0.05, 0) is 62.1 Å². The van der Waals surface area contributed by atoms with Gasteiger partial charge in [0.05, 0.1) is 12.1 Å². The highest BCUT2D eigenvalue weighted by Crippen LogP contribution is 2.42. The average molecular weight is 390 g/mol. The number of carbonyl (C=O) groups is 1. The maximum absolute atomic E-state index is 13.4. The molecular weight excluding hydrogens is 365 g/mol. The molecule has 27 heavy (non-hydrogen) atoms. The van der Waals surface area contributed by atoms with Crippen molar-refractivity contribution in [1.29, 1.82) is 0 Å². The Morgan fingerprint density at radius 3 is 2.33 bits per heavy atom. The second-order valence-corrected chi connectivity index (χ2v) is 8.02. The molecule has 1 heterocycles. The molecule has 1 saturated heterocycles. The third-order valence-corrected chi connectivity index (χ3v) is 5.86. The average Bonchev–Trinajstić information content (AvgIpc) is 2.62. The molecular formula is C22H25ClFNO2. The summed E-state index contributed by atoms with van der Waals surface area (Å²) in [6.45, 7) is 4.34. The van der Waals surface area contributed by atoms with Crippen molar-refractivity contribution in [2.75, 3.05) is 6.54 Å². The summed E-state index contributed by atoms with van der Waals surface area (Å²) < 4.78 is 13.4. The Labute approximate surface area is 164 Å². The van der Waals surface area contributed by atoms with E-state index in [4.69, 9.17) is 11.6 Å². The van der Waals surface area contributed by atoms with Crippen LogP contribution in [0.3, 0.4) is 0 Å². The van der Waals surface area contributed by atoms with E-state index < -0.39 is 11.5 Å². The molecule has 1 fully saturated rings. The zero-order chi connectivity index (χ0) is 19.6. The van der Waals surface area contributed by atoms with E-state index in [0.717, 1.165) is 17.5 Å². The van der Waals surface area contributed by atoms with E-state index in [2.05, 4.69) is 0 Å².